The summed E-state index contributed by atoms with van der Waals surface area (Å²) >= 11 is 0. The van der Waals surface area contributed by atoms with E-state index in [1.165, 1.54) is 6.07 Å². The summed E-state index contributed by atoms with van der Waals surface area (Å²) in [6.07, 6.45) is -0.357. The van der Waals surface area contributed by atoms with Crippen LogP contribution in [0.15, 0.2) is 23.1 Å². The van der Waals surface area contributed by atoms with Crippen LogP contribution in [0.2, 0.25) is 0 Å². The summed E-state index contributed by atoms with van der Waals surface area (Å²) in [5.74, 6) is -0.710. The summed E-state index contributed by atoms with van der Waals surface area (Å²) in [5, 5.41) is 9.16. The minimum absolute atomic E-state index is 0.0403. The predicted molar refractivity (Wildman–Crippen MR) is 66.9 cm³/mol. The van der Waals surface area contributed by atoms with Gasteiger partial charge in [0, 0.05) is 11.7 Å². The van der Waals surface area contributed by atoms with Crippen molar-refractivity contribution in [2.75, 3.05) is 5.73 Å². The van der Waals surface area contributed by atoms with Gasteiger partial charge in [-0.05, 0) is 38.5 Å². The van der Waals surface area contributed by atoms with Crippen LogP contribution in [-0.2, 0) is 10.0 Å². The lowest BCUT2D eigenvalue weighted by Gasteiger charge is -2.15. The van der Waals surface area contributed by atoms with Gasteiger partial charge in [-0.2, -0.15) is 0 Å². The summed E-state index contributed by atoms with van der Waals surface area (Å²) in [5.41, 5.74) is 5.44. The van der Waals surface area contributed by atoms with E-state index in [0.29, 0.717) is 0 Å². The Morgan fingerprint density at radius 1 is 1.39 bits per heavy atom. The molecule has 7 heteroatoms. The number of nitrogen functional groups attached to an aromatic ring is 1. The van der Waals surface area contributed by atoms with Crippen LogP contribution in [0.25, 0.3) is 0 Å². The molecule has 0 aliphatic carbocycles. The Hall–Kier alpha value is -1.18. The monoisotopic (exact) mass is 276 g/mol. The van der Waals surface area contributed by atoms with Gasteiger partial charge in [0.05, 0.1) is 11.0 Å². The van der Waals surface area contributed by atoms with Crippen molar-refractivity contribution in [1.82, 2.24) is 4.72 Å². The molecular formula is C11H17FN2O3S. The topological polar surface area (TPSA) is 92.4 Å². The van der Waals surface area contributed by atoms with Gasteiger partial charge in [0.2, 0.25) is 10.0 Å². The third kappa shape index (κ3) is 4.25. The molecule has 102 valence electrons. The fourth-order valence-corrected chi connectivity index (χ4v) is 2.95. The second kappa shape index (κ2) is 5.64. The van der Waals surface area contributed by atoms with E-state index < -0.39 is 28.0 Å². The van der Waals surface area contributed by atoms with Gasteiger partial charge in [0.25, 0.3) is 0 Å². The second-order valence-corrected chi connectivity index (χ2v) is 6.04. The number of aliphatic hydroxyl groups is 1. The van der Waals surface area contributed by atoms with Crippen LogP contribution in [0.5, 0.6) is 0 Å². The number of rotatable bonds is 5. The van der Waals surface area contributed by atoms with Gasteiger partial charge < -0.3 is 10.8 Å². The minimum atomic E-state index is -3.83. The molecule has 18 heavy (non-hydrogen) atoms. The minimum Gasteiger partial charge on any atom is -0.399 e. The van der Waals surface area contributed by atoms with Crippen molar-refractivity contribution >= 4 is 15.7 Å². The lowest BCUT2D eigenvalue weighted by molar-refractivity contribution is 0.175. The SMILES string of the molecule is CC(O)CC(C)NS(=O)(=O)c1cc(N)cc(F)c1. The normalized spacial score (nSPS) is 15.3. The van der Waals surface area contributed by atoms with Gasteiger partial charge >= 0.3 is 0 Å². The van der Waals surface area contributed by atoms with Crippen LogP contribution in [0.3, 0.4) is 0 Å². The number of aliphatic hydroxyl groups excluding tert-OH is 1. The number of nitrogens with two attached hydrogens (primary N) is 1. The zero-order chi connectivity index (χ0) is 13.9. The Balaban J connectivity index is 2.92. The van der Waals surface area contributed by atoms with E-state index in [0.717, 1.165) is 12.1 Å². The Morgan fingerprint density at radius 3 is 2.50 bits per heavy atom. The maximum Gasteiger partial charge on any atom is 0.240 e. The third-order valence-corrected chi connectivity index (χ3v) is 3.82. The van der Waals surface area contributed by atoms with E-state index in [2.05, 4.69) is 4.72 Å². The molecule has 0 saturated heterocycles. The molecule has 0 aliphatic rings. The fourth-order valence-electron chi connectivity index (χ4n) is 1.63. The molecule has 2 unspecified atom stereocenters. The maximum absolute atomic E-state index is 13.1. The fraction of sp³-hybridized carbons (Fsp3) is 0.455. The van der Waals surface area contributed by atoms with Crippen LogP contribution in [-0.4, -0.2) is 25.7 Å². The van der Waals surface area contributed by atoms with E-state index in [9.17, 15) is 12.8 Å². The number of hydrogen-bond acceptors (Lipinski definition) is 4. The molecule has 0 amide bonds. The van der Waals surface area contributed by atoms with Crippen molar-refractivity contribution in [2.24, 2.45) is 0 Å². The number of nitrogens with one attached hydrogen (secondary N) is 1. The second-order valence-electron chi connectivity index (χ2n) is 4.33. The number of anilines is 1. The van der Waals surface area contributed by atoms with Crippen molar-refractivity contribution in [3.05, 3.63) is 24.0 Å². The predicted octanol–water partition coefficient (Wildman–Crippen LogP) is 0.846. The highest BCUT2D eigenvalue weighted by atomic mass is 32.2. The highest BCUT2D eigenvalue weighted by Gasteiger charge is 2.19. The number of halogens is 1. The molecule has 0 aliphatic heterocycles. The van der Waals surface area contributed by atoms with Crippen molar-refractivity contribution in [2.45, 2.75) is 37.3 Å². The van der Waals surface area contributed by atoms with E-state index >= 15 is 0 Å². The first kappa shape index (κ1) is 14.9. The van der Waals surface area contributed by atoms with Gasteiger partial charge in [-0.25, -0.2) is 17.5 Å². The molecule has 0 bridgehead atoms. The standard InChI is InChI=1S/C11H17FN2O3S/c1-7(3-8(2)15)14-18(16,17)11-5-9(12)4-10(13)6-11/h4-8,14-15H,3,13H2,1-2H3. The quantitative estimate of drug-likeness (QED) is 0.695. The number of hydrogen-bond donors (Lipinski definition) is 3. The van der Waals surface area contributed by atoms with E-state index in [1.54, 1.807) is 13.8 Å². The van der Waals surface area contributed by atoms with Crippen LogP contribution in [0.4, 0.5) is 10.1 Å². The summed E-state index contributed by atoms with van der Waals surface area (Å²) in [4.78, 5) is -0.225. The first-order valence-electron chi connectivity index (χ1n) is 5.47. The summed E-state index contributed by atoms with van der Waals surface area (Å²) < 4.78 is 39.3. The van der Waals surface area contributed by atoms with Crippen molar-refractivity contribution in [3.8, 4) is 0 Å². The van der Waals surface area contributed by atoms with Crippen LogP contribution >= 0.6 is 0 Å². The average Bonchev–Trinajstić information content (AvgIpc) is 2.13. The maximum atomic E-state index is 13.1. The van der Waals surface area contributed by atoms with Gasteiger partial charge in [-0.15, -0.1) is 0 Å². The molecule has 0 aromatic heterocycles. The lowest BCUT2D eigenvalue weighted by Crippen LogP contribution is -2.34. The molecule has 1 aromatic rings. The average molecular weight is 276 g/mol. The number of benzene rings is 1. The summed E-state index contributed by atoms with van der Waals surface area (Å²) in [7, 11) is -3.83. The Morgan fingerprint density at radius 2 is 2.00 bits per heavy atom. The molecule has 0 saturated carbocycles. The molecule has 0 spiro atoms. The van der Waals surface area contributed by atoms with Gasteiger partial charge in [-0.1, -0.05) is 0 Å². The summed E-state index contributed by atoms with van der Waals surface area (Å²) in [6, 6.07) is 2.66. The van der Waals surface area contributed by atoms with E-state index in [1.807, 2.05) is 0 Å². The smallest absolute Gasteiger partial charge is 0.240 e. The van der Waals surface area contributed by atoms with Gasteiger partial charge in [0.15, 0.2) is 0 Å². The Kier molecular flexibility index (Phi) is 4.66. The Labute approximate surface area is 106 Å². The van der Waals surface area contributed by atoms with E-state index in [-0.39, 0.29) is 17.0 Å². The first-order valence-corrected chi connectivity index (χ1v) is 6.95. The summed E-state index contributed by atoms with van der Waals surface area (Å²) in [6.45, 7) is 3.18. The van der Waals surface area contributed by atoms with E-state index in [4.69, 9.17) is 10.8 Å². The number of sulfonamides is 1. The molecule has 4 N–H and O–H groups in total. The molecule has 0 heterocycles. The van der Waals surface area contributed by atoms with Crippen LogP contribution < -0.4 is 10.5 Å². The zero-order valence-corrected chi connectivity index (χ0v) is 11.0. The molecule has 1 aromatic carbocycles. The molecule has 5 nitrogen and oxygen atoms in total. The molecule has 0 fully saturated rings. The zero-order valence-electron chi connectivity index (χ0n) is 10.2. The van der Waals surface area contributed by atoms with Crippen molar-refractivity contribution in [1.29, 1.82) is 0 Å². The molecular weight excluding hydrogens is 259 g/mol. The molecule has 1 rings (SSSR count). The molecule has 0 radical (unpaired) electrons. The van der Waals surface area contributed by atoms with Gasteiger partial charge in [0.1, 0.15) is 5.82 Å². The highest BCUT2D eigenvalue weighted by molar-refractivity contribution is 7.89. The van der Waals surface area contributed by atoms with Crippen molar-refractivity contribution in [3.63, 3.8) is 0 Å². The molecule has 2 atom stereocenters. The third-order valence-electron chi connectivity index (χ3n) is 2.25. The van der Waals surface area contributed by atoms with Crippen LogP contribution in [0, 0.1) is 5.82 Å². The van der Waals surface area contributed by atoms with Crippen LogP contribution in [0.1, 0.15) is 20.3 Å². The van der Waals surface area contributed by atoms with Crippen molar-refractivity contribution < 1.29 is 17.9 Å². The lowest BCUT2D eigenvalue weighted by atomic mass is 10.2. The Bertz CT molecular complexity index is 497. The first-order chi connectivity index (χ1) is 8.20. The highest BCUT2D eigenvalue weighted by Crippen LogP contribution is 2.16. The largest absolute Gasteiger partial charge is 0.399 e. The van der Waals surface area contributed by atoms with Gasteiger partial charge in [-0.3, -0.25) is 0 Å².